The molecule has 0 N–H and O–H groups in total. The number of rotatable bonds is 4. The Labute approximate surface area is 180 Å². The first-order valence-electron chi connectivity index (χ1n) is 10.1. The number of fused-ring (bicyclic) bond motifs is 3. The Balaban J connectivity index is 1.91. The quantitative estimate of drug-likeness (QED) is 0.643. The van der Waals surface area contributed by atoms with Crippen molar-refractivity contribution in [1.82, 2.24) is 9.55 Å². The van der Waals surface area contributed by atoms with E-state index in [-0.39, 0.29) is 11.6 Å². The molecule has 0 saturated heterocycles. The Morgan fingerprint density at radius 3 is 2.39 bits per heavy atom. The van der Waals surface area contributed by atoms with E-state index in [2.05, 4.69) is 4.98 Å². The first-order valence-corrected chi connectivity index (χ1v) is 10.1. The Hall–Kier alpha value is -3.61. The smallest absolute Gasteiger partial charge is 0.350 e. The highest BCUT2D eigenvalue weighted by molar-refractivity contribution is 5.98. The number of nitrogens with zero attached hydrogens (tertiary/aromatic N) is 3. The maximum atomic E-state index is 12.9. The molecule has 4 rings (SSSR count). The lowest BCUT2D eigenvalue weighted by atomic mass is 9.96. The van der Waals surface area contributed by atoms with Crippen LogP contribution in [0.4, 0.5) is 11.5 Å². The summed E-state index contributed by atoms with van der Waals surface area (Å²) in [6.45, 7) is 5.98. The summed E-state index contributed by atoms with van der Waals surface area (Å²) in [5.74, 6) is 1.31. The molecule has 1 amide bonds. The van der Waals surface area contributed by atoms with Crippen molar-refractivity contribution >= 4 is 17.4 Å². The fourth-order valence-corrected chi connectivity index (χ4v) is 3.99. The largest absolute Gasteiger partial charge is 0.493 e. The van der Waals surface area contributed by atoms with Gasteiger partial charge in [0, 0.05) is 25.1 Å². The number of amides is 1. The van der Waals surface area contributed by atoms with Crippen LogP contribution in [-0.4, -0.2) is 29.7 Å². The molecule has 0 spiro atoms. The van der Waals surface area contributed by atoms with Gasteiger partial charge in [0.2, 0.25) is 5.91 Å². The molecule has 2 aromatic carbocycles. The third-order valence-electron chi connectivity index (χ3n) is 5.78. The van der Waals surface area contributed by atoms with Crippen LogP contribution < -0.4 is 20.1 Å². The molecule has 160 valence electrons. The number of methoxy groups -OCH3 is 2. The summed E-state index contributed by atoms with van der Waals surface area (Å²) < 4.78 is 12.5. The minimum Gasteiger partial charge on any atom is -0.493 e. The number of aromatic nitrogens is 2. The van der Waals surface area contributed by atoms with Gasteiger partial charge in [-0.1, -0.05) is 6.07 Å². The first kappa shape index (κ1) is 20.7. The zero-order valence-electron chi connectivity index (χ0n) is 18.4. The zero-order chi connectivity index (χ0) is 22.3. The van der Waals surface area contributed by atoms with Crippen molar-refractivity contribution in [3.63, 3.8) is 0 Å². The molecule has 1 aliphatic rings. The molecule has 0 saturated carbocycles. The summed E-state index contributed by atoms with van der Waals surface area (Å²) in [7, 11) is 3.18. The summed E-state index contributed by atoms with van der Waals surface area (Å²) in [4.78, 5) is 31.2. The van der Waals surface area contributed by atoms with Gasteiger partial charge >= 0.3 is 5.69 Å². The van der Waals surface area contributed by atoms with Crippen molar-refractivity contribution in [3.8, 4) is 22.8 Å². The molecule has 2 heterocycles. The molecular formula is C24H25N3O4. The van der Waals surface area contributed by atoms with Gasteiger partial charge in [-0.3, -0.25) is 14.3 Å². The highest BCUT2D eigenvalue weighted by Gasteiger charge is 2.24. The molecule has 0 aliphatic carbocycles. The van der Waals surface area contributed by atoms with Crippen LogP contribution in [0.25, 0.3) is 11.3 Å². The summed E-state index contributed by atoms with van der Waals surface area (Å²) >= 11 is 0. The minimum absolute atomic E-state index is 0.219. The molecule has 1 aromatic heterocycles. The van der Waals surface area contributed by atoms with Gasteiger partial charge < -0.3 is 9.47 Å². The fraction of sp³-hybridized carbons (Fsp3) is 0.292. The number of carbonyl (C=O) groups is 1. The average molecular weight is 419 g/mol. The Bertz CT molecular complexity index is 1250. The molecule has 0 bridgehead atoms. The lowest BCUT2D eigenvalue weighted by Gasteiger charge is -2.26. The van der Waals surface area contributed by atoms with E-state index in [0.717, 1.165) is 22.3 Å². The fourth-order valence-electron chi connectivity index (χ4n) is 3.99. The van der Waals surface area contributed by atoms with Crippen LogP contribution >= 0.6 is 0 Å². The third-order valence-corrected chi connectivity index (χ3v) is 5.78. The predicted octanol–water partition coefficient (Wildman–Crippen LogP) is 3.79. The molecule has 0 atom stereocenters. The first-order chi connectivity index (χ1) is 14.8. The second-order valence-electron chi connectivity index (χ2n) is 7.67. The van der Waals surface area contributed by atoms with E-state index in [4.69, 9.17) is 9.47 Å². The lowest BCUT2D eigenvalue weighted by Crippen LogP contribution is -2.32. The molecule has 0 radical (unpaired) electrons. The van der Waals surface area contributed by atoms with Crippen molar-refractivity contribution in [3.05, 3.63) is 63.6 Å². The number of anilines is 2. The van der Waals surface area contributed by atoms with E-state index < -0.39 is 0 Å². The number of hydrogen-bond acceptors (Lipinski definition) is 5. The highest BCUT2D eigenvalue weighted by atomic mass is 16.5. The molecule has 0 fully saturated rings. The van der Waals surface area contributed by atoms with Crippen LogP contribution in [0.3, 0.4) is 0 Å². The lowest BCUT2D eigenvalue weighted by molar-refractivity contribution is -0.115. The van der Waals surface area contributed by atoms with Crippen LogP contribution in [-0.2, 0) is 17.8 Å². The SMILES string of the molecule is COc1cc2c(cc1OC)-c1cc(N(C(C)=O)c3ccc(C)c(C)c3)nc(=O)n1CC2. The molecule has 7 heteroatoms. The second kappa shape index (κ2) is 7.91. The van der Waals surface area contributed by atoms with Crippen molar-refractivity contribution in [2.75, 3.05) is 19.1 Å². The molecular weight excluding hydrogens is 394 g/mol. The van der Waals surface area contributed by atoms with Gasteiger partial charge in [-0.05, 0) is 61.2 Å². The molecule has 1 aliphatic heterocycles. The second-order valence-corrected chi connectivity index (χ2v) is 7.67. The van der Waals surface area contributed by atoms with E-state index in [9.17, 15) is 9.59 Å². The Morgan fingerprint density at radius 1 is 1.03 bits per heavy atom. The van der Waals surface area contributed by atoms with Gasteiger partial charge in [0.15, 0.2) is 11.5 Å². The van der Waals surface area contributed by atoms with Gasteiger partial charge in [-0.25, -0.2) is 4.79 Å². The Morgan fingerprint density at radius 2 is 1.74 bits per heavy atom. The van der Waals surface area contributed by atoms with Gasteiger partial charge in [0.05, 0.1) is 25.6 Å². The average Bonchev–Trinajstić information content (AvgIpc) is 2.75. The maximum Gasteiger partial charge on any atom is 0.350 e. The van der Waals surface area contributed by atoms with E-state index in [1.165, 1.54) is 11.8 Å². The number of hydrogen-bond donors (Lipinski definition) is 0. The van der Waals surface area contributed by atoms with Crippen molar-refractivity contribution < 1.29 is 14.3 Å². The van der Waals surface area contributed by atoms with Crippen LogP contribution in [0.15, 0.2) is 41.2 Å². The van der Waals surface area contributed by atoms with E-state index in [0.29, 0.717) is 41.7 Å². The van der Waals surface area contributed by atoms with Crippen molar-refractivity contribution in [1.29, 1.82) is 0 Å². The van der Waals surface area contributed by atoms with E-state index in [1.807, 2.05) is 44.2 Å². The summed E-state index contributed by atoms with van der Waals surface area (Å²) in [5.41, 5.74) is 5.09. The van der Waals surface area contributed by atoms with Crippen molar-refractivity contribution in [2.24, 2.45) is 0 Å². The number of carbonyl (C=O) groups excluding carboxylic acids is 1. The predicted molar refractivity (Wildman–Crippen MR) is 119 cm³/mol. The summed E-state index contributed by atoms with van der Waals surface area (Å²) in [6.07, 6.45) is 0.678. The van der Waals surface area contributed by atoms with Gasteiger partial charge in [-0.2, -0.15) is 4.98 Å². The maximum absolute atomic E-state index is 12.9. The third kappa shape index (κ3) is 3.56. The number of ether oxygens (including phenoxy) is 2. The van der Waals surface area contributed by atoms with Gasteiger partial charge in [0.25, 0.3) is 0 Å². The summed E-state index contributed by atoms with van der Waals surface area (Å²) in [6, 6.07) is 11.4. The number of aryl methyl sites for hydroxylation is 3. The standard InChI is InChI=1S/C24H25N3O4/c1-14-6-7-18(10-15(14)2)27(16(3)28)23-13-20-19-12-22(31-5)21(30-4)11-17(19)8-9-26(20)24(29)25-23/h6-7,10-13H,8-9H2,1-5H3. The van der Waals surface area contributed by atoms with Crippen LogP contribution in [0, 0.1) is 13.8 Å². The van der Waals surface area contributed by atoms with E-state index >= 15 is 0 Å². The Kier molecular flexibility index (Phi) is 5.27. The van der Waals surface area contributed by atoms with Gasteiger partial charge in [0.1, 0.15) is 5.82 Å². The van der Waals surface area contributed by atoms with Gasteiger partial charge in [-0.15, -0.1) is 0 Å². The monoisotopic (exact) mass is 419 g/mol. The normalized spacial score (nSPS) is 12.0. The van der Waals surface area contributed by atoms with Crippen molar-refractivity contribution in [2.45, 2.75) is 33.7 Å². The number of benzene rings is 2. The van der Waals surface area contributed by atoms with Crippen LogP contribution in [0.2, 0.25) is 0 Å². The summed E-state index contributed by atoms with van der Waals surface area (Å²) in [5, 5.41) is 0. The minimum atomic E-state index is -0.386. The molecule has 0 unspecified atom stereocenters. The van der Waals surface area contributed by atoms with Crippen LogP contribution in [0.5, 0.6) is 11.5 Å². The zero-order valence-corrected chi connectivity index (χ0v) is 18.4. The highest BCUT2D eigenvalue weighted by Crippen LogP contribution is 2.39. The topological polar surface area (TPSA) is 73.7 Å². The molecule has 31 heavy (non-hydrogen) atoms. The molecule has 7 nitrogen and oxygen atoms in total. The van der Waals surface area contributed by atoms with Crippen LogP contribution in [0.1, 0.15) is 23.6 Å². The molecule has 3 aromatic rings. The van der Waals surface area contributed by atoms with E-state index in [1.54, 1.807) is 24.9 Å².